The molecule has 14 heteroatoms. The number of thiophene rings is 1. The highest BCUT2D eigenvalue weighted by Gasteiger charge is 2.37. The smallest absolute Gasteiger partial charge is 0.304 e. The molecule has 1 saturated heterocycles. The highest BCUT2D eigenvalue weighted by Crippen LogP contribution is 2.40. The molecule has 0 spiro atoms. The molecule has 0 bridgehead atoms. The number of anilines is 2. The Morgan fingerprint density at radius 3 is 2.40 bits per heavy atom. The number of methoxy groups -OCH3 is 1. The summed E-state index contributed by atoms with van der Waals surface area (Å²) in [6.07, 6.45) is 10.2. The quantitative estimate of drug-likeness (QED) is 0.0878. The first-order valence-electron chi connectivity index (χ1n) is 17.3. The number of amides is 1. The van der Waals surface area contributed by atoms with Crippen molar-refractivity contribution in [3.05, 3.63) is 76.3 Å². The summed E-state index contributed by atoms with van der Waals surface area (Å²) in [7, 11) is 1.36. The van der Waals surface area contributed by atoms with Gasteiger partial charge in [-0.25, -0.2) is 13.1 Å². The number of nitrogens with one attached hydrogen (secondary N) is 2. The Bertz CT molecular complexity index is 1670. The minimum Gasteiger partial charge on any atom is -0.378 e. The van der Waals surface area contributed by atoms with Crippen molar-refractivity contribution in [3.8, 4) is 0 Å². The van der Waals surface area contributed by atoms with Crippen LogP contribution < -0.4 is 14.9 Å². The Morgan fingerprint density at radius 1 is 1.10 bits per heavy atom. The second kappa shape index (κ2) is 17.4. The van der Waals surface area contributed by atoms with Crippen molar-refractivity contribution in [1.29, 1.82) is 0 Å². The molecule has 1 amide bonds. The summed E-state index contributed by atoms with van der Waals surface area (Å²) in [6, 6.07) is 17.6. The number of sulfonamides is 1. The van der Waals surface area contributed by atoms with Crippen LogP contribution in [-0.4, -0.2) is 82.4 Å². The number of carbonyl (C=O) groups excluding carboxylic acids is 1. The first kappa shape index (κ1) is 38.1. The minimum atomic E-state index is -4.38. The van der Waals surface area contributed by atoms with Crippen molar-refractivity contribution in [2.45, 2.75) is 78.5 Å². The van der Waals surface area contributed by atoms with Gasteiger partial charge in [0.05, 0.1) is 10.5 Å². The van der Waals surface area contributed by atoms with E-state index in [2.05, 4.69) is 14.9 Å². The topological polar surface area (TPSA) is 134 Å². The average molecular weight is 744 g/mol. The van der Waals surface area contributed by atoms with E-state index < -0.39 is 20.9 Å². The first-order chi connectivity index (χ1) is 24.0. The van der Waals surface area contributed by atoms with E-state index in [0.29, 0.717) is 12.2 Å². The van der Waals surface area contributed by atoms with Crippen LogP contribution in [0.2, 0.25) is 0 Å². The van der Waals surface area contributed by atoms with Gasteiger partial charge in [0, 0.05) is 54.2 Å². The van der Waals surface area contributed by atoms with E-state index in [1.54, 1.807) is 23.9 Å². The average Bonchev–Trinajstić information content (AvgIpc) is 3.56. The lowest BCUT2D eigenvalue weighted by Crippen LogP contribution is -2.47. The molecule has 1 aliphatic carbocycles. The third-order valence-corrected chi connectivity index (χ3v) is 13.9. The highest BCUT2D eigenvalue weighted by molar-refractivity contribution is 7.99. The van der Waals surface area contributed by atoms with Gasteiger partial charge in [0.15, 0.2) is 5.00 Å². The third kappa shape index (κ3) is 10.2. The molecule has 2 aromatic carbocycles. The summed E-state index contributed by atoms with van der Waals surface area (Å²) in [5, 5.41) is 15.4. The highest BCUT2D eigenvalue weighted by atomic mass is 32.2. The van der Waals surface area contributed by atoms with Crippen molar-refractivity contribution >= 4 is 55.4 Å². The molecule has 5 rings (SSSR count). The predicted molar refractivity (Wildman–Crippen MR) is 202 cm³/mol. The first-order valence-corrected chi connectivity index (χ1v) is 20.6. The standard InChI is InChI=1S/C36H49N5O6S3/c1-39(2)21-18-29(26-48-31-12-8-5-9-13-31)37-35-32(41(43)44)24-33(49-35)50(45,46)38-34(42)28-14-16-30(17-15-28)40-22-19-36(47-3,20-23-40)25-27-10-6-4-7-11-27/h5,8-9,12-17,24,27,29,37H,4,6-7,10-11,18-23,25-26H2,1-3H3,(H,38,42)/t29-/m1/s1. The van der Waals surface area contributed by atoms with Gasteiger partial charge in [-0.05, 0) is 88.6 Å². The van der Waals surface area contributed by atoms with Crippen LogP contribution in [0.1, 0.15) is 68.1 Å². The molecule has 2 aliphatic rings. The van der Waals surface area contributed by atoms with Gasteiger partial charge in [0.25, 0.3) is 15.9 Å². The molecule has 50 heavy (non-hydrogen) atoms. The molecule has 1 aromatic heterocycles. The van der Waals surface area contributed by atoms with E-state index in [9.17, 15) is 23.3 Å². The summed E-state index contributed by atoms with van der Waals surface area (Å²) in [5.74, 6) is 0.559. The van der Waals surface area contributed by atoms with E-state index in [1.165, 1.54) is 32.1 Å². The molecular formula is C36H49N5O6S3. The number of rotatable bonds is 16. The fraction of sp³-hybridized carbons (Fsp3) is 0.528. The van der Waals surface area contributed by atoms with E-state index in [4.69, 9.17) is 4.74 Å². The van der Waals surface area contributed by atoms with Crippen molar-refractivity contribution in [1.82, 2.24) is 9.62 Å². The fourth-order valence-corrected chi connectivity index (χ4v) is 10.2. The zero-order valence-electron chi connectivity index (χ0n) is 29.1. The van der Waals surface area contributed by atoms with Crippen LogP contribution >= 0.6 is 23.1 Å². The molecular weight excluding hydrogens is 695 g/mol. The Hall–Kier alpha value is -3.17. The Kier molecular flexibility index (Phi) is 13.2. The zero-order valence-corrected chi connectivity index (χ0v) is 31.6. The molecule has 11 nitrogen and oxygen atoms in total. The molecule has 1 saturated carbocycles. The van der Waals surface area contributed by atoms with Gasteiger partial charge < -0.3 is 19.9 Å². The van der Waals surface area contributed by atoms with Crippen molar-refractivity contribution in [2.75, 3.05) is 56.8 Å². The van der Waals surface area contributed by atoms with Gasteiger partial charge in [-0.15, -0.1) is 11.8 Å². The lowest BCUT2D eigenvalue weighted by Gasteiger charge is -2.44. The molecule has 0 unspecified atom stereocenters. The molecule has 1 atom stereocenters. The van der Waals surface area contributed by atoms with Crippen LogP contribution in [0.5, 0.6) is 0 Å². The summed E-state index contributed by atoms with van der Waals surface area (Å²) in [4.78, 5) is 29.9. The molecule has 2 heterocycles. The van der Waals surface area contributed by atoms with Gasteiger partial charge in [-0.1, -0.05) is 61.6 Å². The SMILES string of the molecule is COC1(CC2CCCCC2)CCN(c2ccc(C(=O)NS(=O)(=O)c3cc([N+](=O)[O-])c(N[C@H](CCN(C)C)CSc4ccccc4)s3)cc2)CC1. The van der Waals surface area contributed by atoms with Crippen molar-refractivity contribution in [3.63, 3.8) is 0 Å². The van der Waals surface area contributed by atoms with Gasteiger partial charge in [0.1, 0.15) is 4.21 Å². The van der Waals surface area contributed by atoms with Crippen LogP contribution in [0.4, 0.5) is 16.4 Å². The monoisotopic (exact) mass is 743 g/mol. The maximum absolute atomic E-state index is 13.4. The summed E-state index contributed by atoms with van der Waals surface area (Å²) in [6.45, 7) is 2.42. The maximum Gasteiger partial charge on any atom is 0.304 e. The molecule has 2 N–H and O–H groups in total. The van der Waals surface area contributed by atoms with Crippen LogP contribution in [0, 0.1) is 16.0 Å². The Balaban J connectivity index is 1.22. The van der Waals surface area contributed by atoms with Crippen LogP contribution in [-0.2, 0) is 14.8 Å². The van der Waals surface area contributed by atoms with Crippen LogP contribution in [0.15, 0.2) is 69.8 Å². The number of hydrogen-bond acceptors (Lipinski definition) is 11. The predicted octanol–water partition coefficient (Wildman–Crippen LogP) is 7.26. The van der Waals surface area contributed by atoms with Gasteiger partial charge in [-0.2, -0.15) is 0 Å². The number of thioether (sulfide) groups is 1. The largest absolute Gasteiger partial charge is 0.378 e. The van der Waals surface area contributed by atoms with Gasteiger partial charge >= 0.3 is 5.69 Å². The van der Waals surface area contributed by atoms with Crippen LogP contribution in [0.3, 0.4) is 0 Å². The van der Waals surface area contributed by atoms with E-state index in [1.807, 2.05) is 68.6 Å². The summed E-state index contributed by atoms with van der Waals surface area (Å²) in [5.41, 5.74) is 0.715. The Labute approximate surface area is 304 Å². The number of hydrogen-bond donors (Lipinski definition) is 2. The Morgan fingerprint density at radius 2 is 1.78 bits per heavy atom. The second-order valence-electron chi connectivity index (χ2n) is 13.7. The molecule has 0 radical (unpaired) electrons. The van der Waals surface area contributed by atoms with Gasteiger partial charge in [-0.3, -0.25) is 14.9 Å². The molecule has 3 aromatic rings. The molecule has 272 valence electrons. The number of ether oxygens (including phenoxy) is 1. The fourth-order valence-electron chi connectivity index (χ4n) is 6.88. The van der Waals surface area contributed by atoms with E-state index in [0.717, 1.165) is 72.8 Å². The lowest BCUT2D eigenvalue weighted by atomic mass is 9.77. The molecule has 1 aliphatic heterocycles. The van der Waals surface area contributed by atoms with Crippen LogP contribution in [0.25, 0.3) is 0 Å². The number of piperidine rings is 1. The number of carbonyl (C=O) groups is 1. The van der Waals surface area contributed by atoms with Gasteiger partial charge in [0.2, 0.25) is 0 Å². The molecule has 2 fully saturated rings. The van der Waals surface area contributed by atoms with Crippen molar-refractivity contribution < 1.29 is 22.9 Å². The maximum atomic E-state index is 13.4. The summed E-state index contributed by atoms with van der Waals surface area (Å²) >= 11 is 2.37. The number of nitrogens with zero attached hydrogens (tertiary/aromatic N) is 3. The van der Waals surface area contributed by atoms with Crippen molar-refractivity contribution in [2.24, 2.45) is 5.92 Å². The summed E-state index contributed by atoms with van der Waals surface area (Å²) < 4.78 is 34.6. The number of nitro groups is 1. The second-order valence-corrected chi connectivity index (χ2v) is 17.7. The normalized spacial score (nSPS) is 17.4. The van der Waals surface area contributed by atoms with E-state index in [-0.39, 0.29) is 32.1 Å². The third-order valence-electron chi connectivity index (χ3n) is 9.82. The van der Waals surface area contributed by atoms with E-state index >= 15 is 0 Å². The zero-order chi connectivity index (χ0) is 35.7. The number of benzene rings is 2. The minimum absolute atomic E-state index is 0.0901. The lowest BCUT2D eigenvalue weighted by molar-refractivity contribution is -0.383.